The van der Waals surface area contributed by atoms with Gasteiger partial charge in [0.1, 0.15) is 5.75 Å². The quantitative estimate of drug-likeness (QED) is 0.724. The number of hydrogen-bond acceptors (Lipinski definition) is 2. The van der Waals surface area contributed by atoms with Gasteiger partial charge in [0, 0.05) is 23.4 Å². The van der Waals surface area contributed by atoms with Crippen molar-refractivity contribution in [3.63, 3.8) is 0 Å². The second-order valence-electron chi connectivity index (χ2n) is 6.33. The van der Waals surface area contributed by atoms with Crippen LogP contribution in [0.4, 0.5) is 0 Å². The number of hydrogen-bond donors (Lipinski definition) is 1. The highest BCUT2D eigenvalue weighted by Crippen LogP contribution is 2.48. The van der Waals surface area contributed by atoms with Crippen molar-refractivity contribution in [3.05, 3.63) is 65.2 Å². The van der Waals surface area contributed by atoms with Crippen LogP contribution in [-0.2, 0) is 10.2 Å². The molecular weight excluding hydrogens is 322 g/mol. The molecule has 1 fully saturated rings. The van der Waals surface area contributed by atoms with Gasteiger partial charge in [-0.15, -0.1) is 0 Å². The molecule has 3 rings (SSSR count). The molecule has 1 aliphatic rings. The molecule has 3 nitrogen and oxygen atoms in total. The Morgan fingerprint density at radius 3 is 2.62 bits per heavy atom. The Balaban J connectivity index is 1.38. The third-order valence-electron chi connectivity index (χ3n) is 4.47. The lowest BCUT2D eigenvalue weighted by atomic mass is 9.96. The monoisotopic (exact) mass is 343 g/mol. The molecule has 0 radical (unpaired) electrons. The fourth-order valence-corrected chi connectivity index (χ4v) is 3.02. The minimum Gasteiger partial charge on any atom is -0.494 e. The number of rotatable bonds is 8. The van der Waals surface area contributed by atoms with Crippen molar-refractivity contribution >= 4 is 17.5 Å². The van der Waals surface area contributed by atoms with Gasteiger partial charge < -0.3 is 10.1 Å². The van der Waals surface area contributed by atoms with Crippen molar-refractivity contribution in [3.8, 4) is 5.75 Å². The molecule has 1 aliphatic carbocycles. The van der Waals surface area contributed by atoms with Crippen molar-refractivity contribution in [2.24, 2.45) is 0 Å². The molecule has 2 aromatic carbocycles. The van der Waals surface area contributed by atoms with Crippen LogP contribution in [0.3, 0.4) is 0 Å². The number of carbonyl (C=O) groups is 1. The Morgan fingerprint density at radius 1 is 1.12 bits per heavy atom. The molecule has 1 amide bonds. The van der Waals surface area contributed by atoms with Crippen LogP contribution in [0.15, 0.2) is 54.6 Å². The summed E-state index contributed by atoms with van der Waals surface area (Å²) in [5.74, 6) is 0.927. The van der Waals surface area contributed by atoms with Crippen molar-refractivity contribution in [2.75, 3.05) is 13.2 Å². The van der Waals surface area contributed by atoms with Crippen molar-refractivity contribution in [1.82, 2.24) is 5.32 Å². The SMILES string of the molecule is O=C(CCCOc1ccccc1)NCC1(c2cccc(Cl)c2)CC1. The fraction of sp³-hybridized carbons (Fsp3) is 0.350. The molecule has 0 unspecified atom stereocenters. The number of benzene rings is 2. The molecule has 2 aromatic rings. The molecule has 126 valence electrons. The smallest absolute Gasteiger partial charge is 0.220 e. The molecule has 0 bridgehead atoms. The predicted molar refractivity (Wildman–Crippen MR) is 96.5 cm³/mol. The molecule has 24 heavy (non-hydrogen) atoms. The van der Waals surface area contributed by atoms with E-state index >= 15 is 0 Å². The summed E-state index contributed by atoms with van der Waals surface area (Å²) in [5, 5.41) is 3.82. The summed E-state index contributed by atoms with van der Waals surface area (Å²) in [6.45, 7) is 1.24. The summed E-state index contributed by atoms with van der Waals surface area (Å²) in [7, 11) is 0. The van der Waals surface area contributed by atoms with Crippen molar-refractivity contribution in [2.45, 2.75) is 31.1 Å². The molecule has 4 heteroatoms. The van der Waals surface area contributed by atoms with E-state index in [0.717, 1.165) is 23.6 Å². The van der Waals surface area contributed by atoms with Crippen LogP contribution < -0.4 is 10.1 Å². The van der Waals surface area contributed by atoms with E-state index in [0.29, 0.717) is 26.0 Å². The van der Waals surface area contributed by atoms with Gasteiger partial charge in [0.25, 0.3) is 0 Å². The maximum absolute atomic E-state index is 12.0. The Hall–Kier alpha value is -2.00. The lowest BCUT2D eigenvalue weighted by Gasteiger charge is -2.17. The first-order valence-corrected chi connectivity index (χ1v) is 8.76. The Kier molecular flexibility index (Phi) is 5.41. The van der Waals surface area contributed by atoms with Gasteiger partial charge in [-0.05, 0) is 49.1 Å². The molecular formula is C20H22ClNO2. The maximum atomic E-state index is 12.0. The average molecular weight is 344 g/mol. The van der Waals surface area contributed by atoms with Gasteiger partial charge >= 0.3 is 0 Å². The van der Waals surface area contributed by atoms with E-state index in [1.54, 1.807) is 0 Å². The van der Waals surface area contributed by atoms with Crippen molar-refractivity contribution in [1.29, 1.82) is 0 Å². The van der Waals surface area contributed by atoms with Gasteiger partial charge in [0.2, 0.25) is 5.91 Å². The third kappa shape index (κ3) is 4.51. The number of ether oxygens (including phenoxy) is 1. The first kappa shape index (κ1) is 16.8. The van der Waals surface area contributed by atoms with E-state index in [-0.39, 0.29) is 11.3 Å². The van der Waals surface area contributed by atoms with Gasteiger partial charge in [-0.2, -0.15) is 0 Å². The predicted octanol–water partition coefficient (Wildman–Crippen LogP) is 4.35. The van der Waals surface area contributed by atoms with Crippen LogP contribution in [0.25, 0.3) is 0 Å². The van der Waals surface area contributed by atoms with Gasteiger partial charge in [-0.25, -0.2) is 0 Å². The summed E-state index contributed by atoms with van der Waals surface area (Å²) in [6.07, 6.45) is 3.40. The Labute approximate surface area is 148 Å². The zero-order valence-corrected chi connectivity index (χ0v) is 14.4. The third-order valence-corrected chi connectivity index (χ3v) is 4.71. The number of nitrogens with one attached hydrogen (secondary N) is 1. The average Bonchev–Trinajstić information content (AvgIpc) is 3.39. The van der Waals surface area contributed by atoms with Crippen LogP contribution in [0.2, 0.25) is 5.02 Å². The standard InChI is InChI=1S/C20H22ClNO2/c21-17-7-4-6-16(14-17)20(11-12-20)15-22-19(23)10-5-13-24-18-8-2-1-3-9-18/h1-4,6-9,14H,5,10-13,15H2,(H,22,23). The largest absolute Gasteiger partial charge is 0.494 e. The summed E-state index contributed by atoms with van der Waals surface area (Å²) in [6, 6.07) is 17.6. The topological polar surface area (TPSA) is 38.3 Å². The van der Waals surface area contributed by atoms with Crippen molar-refractivity contribution < 1.29 is 9.53 Å². The number of para-hydroxylation sites is 1. The van der Waals surface area contributed by atoms with Gasteiger partial charge in [-0.3, -0.25) is 4.79 Å². The van der Waals surface area contributed by atoms with Crippen LogP contribution in [0.1, 0.15) is 31.2 Å². The number of halogens is 1. The molecule has 0 aliphatic heterocycles. The van der Waals surface area contributed by atoms with E-state index in [1.807, 2.05) is 48.5 Å². The zero-order valence-electron chi connectivity index (χ0n) is 13.6. The van der Waals surface area contributed by atoms with E-state index < -0.39 is 0 Å². The minimum atomic E-state index is 0.0833. The maximum Gasteiger partial charge on any atom is 0.220 e. The molecule has 1 saturated carbocycles. The Bertz CT molecular complexity index is 683. The van der Waals surface area contributed by atoms with Crippen LogP contribution in [0.5, 0.6) is 5.75 Å². The summed E-state index contributed by atoms with van der Waals surface area (Å²) in [5.41, 5.74) is 1.31. The molecule has 0 spiro atoms. The number of carbonyl (C=O) groups excluding carboxylic acids is 1. The van der Waals surface area contributed by atoms with Crippen LogP contribution in [0, 0.1) is 0 Å². The second kappa shape index (κ2) is 7.71. The van der Waals surface area contributed by atoms with E-state index in [1.165, 1.54) is 5.56 Å². The van der Waals surface area contributed by atoms with Crippen LogP contribution >= 0.6 is 11.6 Å². The van der Waals surface area contributed by atoms with E-state index in [2.05, 4.69) is 11.4 Å². The van der Waals surface area contributed by atoms with E-state index in [4.69, 9.17) is 16.3 Å². The lowest BCUT2D eigenvalue weighted by Crippen LogP contribution is -2.32. The highest BCUT2D eigenvalue weighted by Gasteiger charge is 2.44. The van der Waals surface area contributed by atoms with Gasteiger partial charge in [-0.1, -0.05) is 41.9 Å². The van der Waals surface area contributed by atoms with Gasteiger partial charge in [0.05, 0.1) is 6.61 Å². The molecule has 0 aromatic heterocycles. The first-order valence-electron chi connectivity index (χ1n) is 8.39. The summed E-state index contributed by atoms with van der Waals surface area (Å²) < 4.78 is 5.60. The molecule has 1 N–H and O–H groups in total. The lowest BCUT2D eigenvalue weighted by molar-refractivity contribution is -0.121. The minimum absolute atomic E-state index is 0.0833. The molecule has 0 atom stereocenters. The first-order chi connectivity index (χ1) is 11.7. The second-order valence-corrected chi connectivity index (χ2v) is 6.77. The Morgan fingerprint density at radius 2 is 1.92 bits per heavy atom. The molecule has 0 saturated heterocycles. The van der Waals surface area contributed by atoms with E-state index in [9.17, 15) is 4.79 Å². The fourth-order valence-electron chi connectivity index (χ4n) is 2.83. The summed E-state index contributed by atoms with van der Waals surface area (Å²) in [4.78, 5) is 12.0. The number of amides is 1. The molecule has 0 heterocycles. The highest BCUT2D eigenvalue weighted by atomic mass is 35.5. The van der Waals surface area contributed by atoms with Crippen LogP contribution in [-0.4, -0.2) is 19.1 Å². The van der Waals surface area contributed by atoms with Gasteiger partial charge in [0.15, 0.2) is 0 Å². The highest BCUT2D eigenvalue weighted by molar-refractivity contribution is 6.30. The normalized spacial score (nSPS) is 14.9. The zero-order chi connectivity index (χ0) is 16.8. The summed E-state index contributed by atoms with van der Waals surface area (Å²) >= 11 is 6.08.